The number of nitrogens with two attached hydrogens (primary N) is 1. The summed E-state index contributed by atoms with van der Waals surface area (Å²) in [5.74, 6) is -2.61. The number of Topliss-reactive ketones (excluding diaryl/α,β-unsaturated/α-hetero) is 2. The third-order valence-corrected chi connectivity index (χ3v) is 5.77. The van der Waals surface area contributed by atoms with E-state index in [2.05, 4.69) is 4.72 Å². The van der Waals surface area contributed by atoms with Crippen LogP contribution in [-0.2, 0) is 26.0 Å². The lowest BCUT2D eigenvalue weighted by molar-refractivity contribution is -0.138. The molecule has 0 spiro atoms. The van der Waals surface area contributed by atoms with Crippen molar-refractivity contribution >= 4 is 21.6 Å². The van der Waals surface area contributed by atoms with Crippen LogP contribution in [0.3, 0.4) is 0 Å². The summed E-state index contributed by atoms with van der Waals surface area (Å²) in [6, 6.07) is 10.5. The van der Waals surface area contributed by atoms with Crippen molar-refractivity contribution < 1.29 is 22.4 Å². The SMILES string of the molecule is CC(C)[C@H](N)C(=O)C(=O)[C@H](Cc1ccccc1)NS(=O)(=O)c1ccc(F)cc1. The van der Waals surface area contributed by atoms with E-state index in [4.69, 9.17) is 5.73 Å². The summed E-state index contributed by atoms with van der Waals surface area (Å²) in [6.07, 6.45) is -0.0172. The number of ketones is 2. The minimum atomic E-state index is -4.15. The van der Waals surface area contributed by atoms with Crippen LogP contribution in [0, 0.1) is 11.7 Å². The van der Waals surface area contributed by atoms with Crippen molar-refractivity contribution in [2.75, 3.05) is 0 Å². The van der Waals surface area contributed by atoms with E-state index < -0.39 is 39.5 Å². The Bertz CT molecular complexity index is 928. The molecule has 0 aliphatic heterocycles. The van der Waals surface area contributed by atoms with Crippen molar-refractivity contribution in [1.82, 2.24) is 4.72 Å². The van der Waals surface area contributed by atoms with E-state index in [0.29, 0.717) is 5.56 Å². The molecule has 150 valence electrons. The van der Waals surface area contributed by atoms with Gasteiger partial charge in [-0.1, -0.05) is 44.2 Å². The third kappa shape index (κ3) is 5.54. The van der Waals surface area contributed by atoms with Gasteiger partial charge in [-0.15, -0.1) is 0 Å². The third-order valence-electron chi connectivity index (χ3n) is 4.28. The van der Waals surface area contributed by atoms with E-state index in [9.17, 15) is 22.4 Å². The topological polar surface area (TPSA) is 106 Å². The van der Waals surface area contributed by atoms with Gasteiger partial charge in [-0.05, 0) is 42.2 Å². The summed E-state index contributed by atoms with van der Waals surface area (Å²) < 4.78 is 40.7. The Morgan fingerprint density at radius 3 is 2.11 bits per heavy atom. The van der Waals surface area contributed by atoms with E-state index in [1.165, 1.54) is 0 Å². The molecule has 2 aromatic carbocycles. The Morgan fingerprint density at radius 1 is 1.00 bits per heavy atom. The van der Waals surface area contributed by atoms with Gasteiger partial charge < -0.3 is 5.73 Å². The first-order valence-electron chi connectivity index (χ1n) is 8.77. The average Bonchev–Trinajstić information content (AvgIpc) is 2.66. The molecule has 2 rings (SSSR count). The summed E-state index contributed by atoms with van der Waals surface area (Å²) in [5.41, 5.74) is 6.47. The molecule has 6 nitrogen and oxygen atoms in total. The molecule has 2 atom stereocenters. The summed E-state index contributed by atoms with van der Waals surface area (Å²) in [5, 5.41) is 0. The van der Waals surface area contributed by atoms with Crippen LogP contribution in [0.5, 0.6) is 0 Å². The molecule has 0 saturated carbocycles. The van der Waals surface area contributed by atoms with Crippen molar-refractivity contribution in [1.29, 1.82) is 0 Å². The summed E-state index contributed by atoms with van der Waals surface area (Å²) >= 11 is 0. The molecule has 0 heterocycles. The van der Waals surface area contributed by atoms with E-state index in [1.54, 1.807) is 44.2 Å². The fourth-order valence-corrected chi connectivity index (χ4v) is 3.74. The molecular formula is C20H23FN2O4S. The Balaban J connectivity index is 2.33. The number of hydrogen-bond donors (Lipinski definition) is 2. The average molecular weight is 406 g/mol. The predicted octanol–water partition coefficient (Wildman–Crippen LogP) is 1.84. The van der Waals surface area contributed by atoms with Crippen LogP contribution >= 0.6 is 0 Å². The van der Waals surface area contributed by atoms with Crippen molar-refractivity contribution in [3.63, 3.8) is 0 Å². The maximum Gasteiger partial charge on any atom is 0.241 e. The van der Waals surface area contributed by atoms with Crippen LogP contribution in [0.1, 0.15) is 19.4 Å². The largest absolute Gasteiger partial charge is 0.321 e. The second-order valence-corrected chi connectivity index (χ2v) is 8.53. The molecule has 0 amide bonds. The highest BCUT2D eigenvalue weighted by Gasteiger charge is 2.33. The second-order valence-electron chi connectivity index (χ2n) is 6.82. The van der Waals surface area contributed by atoms with Gasteiger partial charge in [0.25, 0.3) is 0 Å². The number of nitrogens with one attached hydrogen (secondary N) is 1. The van der Waals surface area contributed by atoms with Crippen LogP contribution in [0.2, 0.25) is 0 Å². The smallest absolute Gasteiger partial charge is 0.241 e. The van der Waals surface area contributed by atoms with E-state index in [1.807, 2.05) is 0 Å². The number of sulfonamides is 1. The Labute approximate surface area is 164 Å². The molecule has 28 heavy (non-hydrogen) atoms. The lowest BCUT2D eigenvalue weighted by Crippen LogP contribution is -2.50. The molecule has 0 aliphatic rings. The van der Waals surface area contributed by atoms with Crippen LogP contribution in [0.15, 0.2) is 59.5 Å². The number of benzene rings is 2. The van der Waals surface area contributed by atoms with Crippen molar-refractivity contribution in [2.45, 2.75) is 37.2 Å². The highest BCUT2D eigenvalue weighted by atomic mass is 32.2. The van der Waals surface area contributed by atoms with Crippen LogP contribution < -0.4 is 10.5 Å². The van der Waals surface area contributed by atoms with Crippen LogP contribution in [0.4, 0.5) is 4.39 Å². The summed E-state index contributed by atoms with van der Waals surface area (Å²) in [4.78, 5) is 25.0. The zero-order chi connectivity index (χ0) is 20.9. The first kappa shape index (κ1) is 21.9. The predicted molar refractivity (Wildman–Crippen MR) is 103 cm³/mol. The van der Waals surface area contributed by atoms with Gasteiger partial charge in [0.05, 0.1) is 17.0 Å². The highest BCUT2D eigenvalue weighted by molar-refractivity contribution is 7.89. The van der Waals surface area contributed by atoms with Gasteiger partial charge in [-0.25, -0.2) is 12.8 Å². The van der Waals surface area contributed by atoms with Gasteiger partial charge in [-0.3, -0.25) is 9.59 Å². The molecule has 0 unspecified atom stereocenters. The minimum absolute atomic E-state index is 0.0172. The molecule has 0 fully saturated rings. The lowest BCUT2D eigenvalue weighted by Gasteiger charge is -2.20. The number of carbonyl (C=O) groups is 2. The Morgan fingerprint density at radius 2 is 1.57 bits per heavy atom. The Kier molecular flexibility index (Phi) is 7.17. The van der Waals surface area contributed by atoms with Crippen LogP contribution in [0.25, 0.3) is 0 Å². The summed E-state index contributed by atoms with van der Waals surface area (Å²) in [7, 11) is -4.15. The second kappa shape index (κ2) is 9.18. The fourth-order valence-electron chi connectivity index (χ4n) is 2.55. The molecule has 8 heteroatoms. The molecule has 0 bridgehead atoms. The first-order chi connectivity index (χ1) is 13.1. The quantitative estimate of drug-likeness (QED) is 0.618. The number of rotatable bonds is 9. The zero-order valence-electron chi connectivity index (χ0n) is 15.6. The van der Waals surface area contributed by atoms with E-state index in [-0.39, 0.29) is 17.2 Å². The summed E-state index contributed by atoms with van der Waals surface area (Å²) in [6.45, 7) is 3.40. The highest BCUT2D eigenvalue weighted by Crippen LogP contribution is 2.14. The van der Waals surface area contributed by atoms with Crippen molar-refractivity contribution in [3.05, 3.63) is 66.0 Å². The van der Waals surface area contributed by atoms with Crippen molar-refractivity contribution in [2.24, 2.45) is 11.7 Å². The maximum absolute atomic E-state index is 13.1. The molecule has 2 aromatic rings. The normalized spacial score (nSPS) is 13.9. The maximum atomic E-state index is 13.1. The van der Waals surface area contributed by atoms with Gasteiger partial charge in [0.2, 0.25) is 21.6 Å². The zero-order valence-corrected chi connectivity index (χ0v) is 16.4. The van der Waals surface area contributed by atoms with E-state index in [0.717, 1.165) is 24.3 Å². The molecule has 3 N–H and O–H groups in total. The first-order valence-corrected chi connectivity index (χ1v) is 10.3. The Hall–Kier alpha value is -2.42. The molecule has 0 aliphatic carbocycles. The molecular weight excluding hydrogens is 383 g/mol. The van der Waals surface area contributed by atoms with Gasteiger partial charge in [0, 0.05) is 0 Å². The molecule has 0 radical (unpaired) electrons. The fraction of sp³-hybridized carbons (Fsp3) is 0.300. The standard InChI is InChI=1S/C20H23FN2O4S/c1-13(2)18(22)20(25)19(24)17(12-14-6-4-3-5-7-14)23-28(26,27)16-10-8-15(21)9-11-16/h3-11,13,17-18,23H,12,22H2,1-2H3/t17-,18-/m0/s1. The monoisotopic (exact) mass is 406 g/mol. The molecule has 0 aromatic heterocycles. The van der Waals surface area contributed by atoms with Crippen molar-refractivity contribution in [3.8, 4) is 0 Å². The van der Waals surface area contributed by atoms with Gasteiger partial charge in [-0.2, -0.15) is 4.72 Å². The van der Waals surface area contributed by atoms with Gasteiger partial charge >= 0.3 is 0 Å². The minimum Gasteiger partial charge on any atom is -0.321 e. The number of halogens is 1. The van der Waals surface area contributed by atoms with Gasteiger partial charge in [0.1, 0.15) is 5.82 Å². The molecule has 0 saturated heterocycles. The number of hydrogen-bond acceptors (Lipinski definition) is 5. The lowest BCUT2D eigenvalue weighted by atomic mass is 9.93. The number of carbonyl (C=O) groups excluding carboxylic acids is 2. The van der Waals surface area contributed by atoms with E-state index >= 15 is 0 Å². The van der Waals surface area contributed by atoms with Gasteiger partial charge in [0.15, 0.2) is 0 Å². The van der Waals surface area contributed by atoms with Crippen LogP contribution in [-0.4, -0.2) is 32.1 Å².